The van der Waals surface area contributed by atoms with E-state index in [-0.39, 0.29) is 0 Å². The first kappa shape index (κ1) is 12.2. The summed E-state index contributed by atoms with van der Waals surface area (Å²) in [5.41, 5.74) is 5.28. The van der Waals surface area contributed by atoms with Gasteiger partial charge in [-0.1, -0.05) is 13.8 Å². The molecule has 4 nitrogen and oxygen atoms in total. The fraction of sp³-hybridized carbons (Fsp3) is 0.727. The standard InChI is InChI=1S/C11H22N4/c1-4-9(13-12)7-11-8-10(5-2)14-15(11)6-3/h8-9,13H,4-7,12H2,1-3H3. The molecule has 0 saturated heterocycles. The summed E-state index contributed by atoms with van der Waals surface area (Å²) in [6.07, 6.45) is 2.98. The van der Waals surface area contributed by atoms with Crippen LogP contribution < -0.4 is 11.3 Å². The molecule has 0 aromatic carbocycles. The maximum Gasteiger partial charge on any atom is 0.0624 e. The van der Waals surface area contributed by atoms with Crippen molar-refractivity contribution in [1.29, 1.82) is 0 Å². The highest BCUT2D eigenvalue weighted by molar-refractivity contribution is 5.11. The molecule has 0 amide bonds. The van der Waals surface area contributed by atoms with Gasteiger partial charge >= 0.3 is 0 Å². The maximum atomic E-state index is 5.48. The fourth-order valence-electron chi connectivity index (χ4n) is 1.70. The Bertz CT molecular complexity index is 289. The molecule has 1 atom stereocenters. The van der Waals surface area contributed by atoms with Crippen molar-refractivity contribution >= 4 is 0 Å². The van der Waals surface area contributed by atoms with E-state index >= 15 is 0 Å². The van der Waals surface area contributed by atoms with Gasteiger partial charge in [-0.05, 0) is 25.8 Å². The first-order valence-corrected chi connectivity index (χ1v) is 5.76. The molecule has 4 heteroatoms. The number of hydrogen-bond donors (Lipinski definition) is 2. The minimum absolute atomic E-state index is 0.344. The number of aromatic nitrogens is 2. The van der Waals surface area contributed by atoms with Gasteiger partial charge in [-0.3, -0.25) is 16.0 Å². The van der Waals surface area contributed by atoms with E-state index in [4.69, 9.17) is 5.84 Å². The molecule has 15 heavy (non-hydrogen) atoms. The van der Waals surface area contributed by atoms with Crippen molar-refractivity contribution in [2.24, 2.45) is 5.84 Å². The van der Waals surface area contributed by atoms with Crippen molar-refractivity contribution in [2.75, 3.05) is 0 Å². The van der Waals surface area contributed by atoms with Crippen molar-refractivity contribution in [3.05, 3.63) is 17.5 Å². The molecule has 0 saturated carbocycles. The van der Waals surface area contributed by atoms with Crippen molar-refractivity contribution < 1.29 is 0 Å². The lowest BCUT2D eigenvalue weighted by atomic mass is 10.1. The summed E-state index contributed by atoms with van der Waals surface area (Å²) in [4.78, 5) is 0. The molecule has 1 heterocycles. The van der Waals surface area contributed by atoms with E-state index < -0.39 is 0 Å². The average Bonchev–Trinajstić information content (AvgIpc) is 2.68. The molecule has 0 bridgehead atoms. The second kappa shape index (κ2) is 5.88. The van der Waals surface area contributed by atoms with Gasteiger partial charge in [0.05, 0.1) is 5.69 Å². The van der Waals surface area contributed by atoms with Crippen molar-refractivity contribution in [2.45, 2.75) is 52.6 Å². The van der Waals surface area contributed by atoms with E-state index in [1.165, 1.54) is 11.4 Å². The number of nitrogens with one attached hydrogen (secondary N) is 1. The van der Waals surface area contributed by atoms with Crippen LogP contribution in [0, 0.1) is 0 Å². The molecular formula is C11H22N4. The van der Waals surface area contributed by atoms with Gasteiger partial charge in [-0.15, -0.1) is 0 Å². The van der Waals surface area contributed by atoms with Gasteiger partial charge in [0.2, 0.25) is 0 Å². The summed E-state index contributed by atoms with van der Waals surface area (Å²) < 4.78 is 2.07. The van der Waals surface area contributed by atoms with Gasteiger partial charge in [-0.25, -0.2) is 0 Å². The summed E-state index contributed by atoms with van der Waals surface area (Å²) in [5, 5.41) is 4.52. The molecule has 0 spiro atoms. The lowest BCUT2D eigenvalue weighted by molar-refractivity contribution is 0.487. The largest absolute Gasteiger partial charge is 0.271 e. The molecular weight excluding hydrogens is 188 g/mol. The van der Waals surface area contributed by atoms with Crippen LogP contribution in [0.5, 0.6) is 0 Å². The summed E-state index contributed by atoms with van der Waals surface area (Å²) in [6.45, 7) is 7.31. The number of rotatable bonds is 6. The summed E-state index contributed by atoms with van der Waals surface area (Å²) in [5.74, 6) is 5.48. The number of hydrogen-bond acceptors (Lipinski definition) is 3. The molecule has 3 N–H and O–H groups in total. The third-order valence-corrected chi connectivity index (χ3v) is 2.76. The highest BCUT2D eigenvalue weighted by Gasteiger charge is 2.10. The summed E-state index contributed by atoms with van der Waals surface area (Å²) in [7, 11) is 0. The lowest BCUT2D eigenvalue weighted by Crippen LogP contribution is -2.36. The third kappa shape index (κ3) is 3.04. The topological polar surface area (TPSA) is 55.9 Å². The Morgan fingerprint density at radius 2 is 2.20 bits per heavy atom. The molecule has 0 aliphatic heterocycles. The minimum Gasteiger partial charge on any atom is -0.271 e. The Hall–Kier alpha value is -0.870. The molecule has 0 aliphatic carbocycles. The monoisotopic (exact) mass is 210 g/mol. The molecule has 0 fully saturated rings. The average molecular weight is 210 g/mol. The van der Waals surface area contributed by atoms with E-state index in [1.807, 2.05) is 0 Å². The van der Waals surface area contributed by atoms with E-state index in [0.29, 0.717) is 6.04 Å². The zero-order chi connectivity index (χ0) is 11.3. The number of nitrogens with zero attached hydrogens (tertiary/aromatic N) is 2. The molecule has 86 valence electrons. The molecule has 1 aromatic rings. The van der Waals surface area contributed by atoms with E-state index in [9.17, 15) is 0 Å². The fourth-order valence-corrected chi connectivity index (χ4v) is 1.70. The molecule has 1 rings (SSSR count). The summed E-state index contributed by atoms with van der Waals surface area (Å²) >= 11 is 0. The van der Waals surface area contributed by atoms with E-state index in [2.05, 4.69) is 42.0 Å². The number of hydrazine groups is 1. The first-order chi connectivity index (χ1) is 7.24. The van der Waals surface area contributed by atoms with Crippen molar-refractivity contribution in [1.82, 2.24) is 15.2 Å². The predicted molar refractivity (Wildman–Crippen MR) is 62.4 cm³/mol. The lowest BCUT2D eigenvalue weighted by Gasteiger charge is -2.13. The Balaban J connectivity index is 2.77. The predicted octanol–water partition coefficient (Wildman–Crippen LogP) is 1.25. The Morgan fingerprint density at radius 3 is 2.67 bits per heavy atom. The quantitative estimate of drug-likeness (QED) is 0.549. The maximum absolute atomic E-state index is 5.48. The van der Waals surface area contributed by atoms with Gasteiger partial charge in [0, 0.05) is 24.7 Å². The SMILES string of the molecule is CCc1cc(CC(CC)NN)n(CC)n1. The second-order valence-electron chi connectivity index (χ2n) is 3.77. The number of aryl methyl sites for hydroxylation is 2. The normalized spacial score (nSPS) is 13.1. The van der Waals surface area contributed by atoms with Gasteiger partial charge < -0.3 is 0 Å². The van der Waals surface area contributed by atoms with Gasteiger partial charge in [0.25, 0.3) is 0 Å². The van der Waals surface area contributed by atoms with Crippen LogP contribution in [0.3, 0.4) is 0 Å². The minimum atomic E-state index is 0.344. The highest BCUT2D eigenvalue weighted by Crippen LogP contribution is 2.09. The zero-order valence-electron chi connectivity index (χ0n) is 9.95. The molecule has 0 radical (unpaired) electrons. The van der Waals surface area contributed by atoms with Gasteiger partial charge in [0.15, 0.2) is 0 Å². The van der Waals surface area contributed by atoms with Crippen LogP contribution in [0.2, 0.25) is 0 Å². The van der Waals surface area contributed by atoms with Crippen LogP contribution in [0.25, 0.3) is 0 Å². The molecule has 0 aliphatic rings. The van der Waals surface area contributed by atoms with Crippen LogP contribution in [0.1, 0.15) is 38.6 Å². The summed E-state index contributed by atoms with van der Waals surface area (Å²) in [6, 6.07) is 2.53. The Kier molecular flexibility index (Phi) is 4.78. The zero-order valence-corrected chi connectivity index (χ0v) is 9.95. The van der Waals surface area contributed by atoms with Gasteiger partial charge in [0.1, 0.15) is 0 Å². The van der Waals surface area contributed by atoms with Gasteiger partial charge in [-0.2, -0.15) is 5.10 Å². The van der Waals surface area contributed by atoms with Crippen molar-refractivity contribution in [3.8, 4) is 0 Å². The second-order valence-corrected chi connectivity index (χ2v) is 3.77. The molecule has 1 aromatic heterocycles. The van der Waals surface area contributed by atoms with E-state index in [0.717, 1.165) is 25.8 Å². The van der Waals surface area contributed by atoms with E-state index in [1.54, 1.807) is 0 Å². The van der Waals surface area contributed by atoms with Crippen LogP contribution in [-0.2, 0) is 19.4 Å². The van der Waals surface area contributed by atoms with Crippen LogP contribution in [0.15, 0.2) is 6.07 Å². The van der Waals surface area contributed by atoms with Crippen molar-refractivity contribution in [3.63, 3.8) is 0 Å². The van der Waals surface area contributed by atoms with Crippen LogP contribution in [0.4, 0.5) is 0 Å². The Labute approximate surface area is 91.8 Å². The molecule has 1 unspecified atom stereocenters. The van der Waals surface area contributed by atoms with Crippen LogP contribution in [-0.4, -0.2) is 15.8 Å². The third-order valence-electron chi connectivity index (χ3n) is 2.76. The van der Waals surface area contributed by atoms with Crippen LogP contribution >= 0.6 is 0 Å². The highest BCUT2D eigenvalue weighted by atomic mass is 15.3. The number of nitrogens with two attached hydrogens (primary N) is 1. The smallest absolute Gasteiger partial charge is 0.0624 e. The first-order valence-electron chi connectivity index (χ1n) is 5.76. The Morgan fingerprint density at radius 1 is 1.47 bits per heavy atom.